The molecule has 0 atom stereocenters. The molecule has 1 fully saturated rings. The second-order valence-corrected chi connectivity index (χ2v) is 4.95. The molecule has 1 aliphatic rings. The molecular formula is C13H18N2O4. The van der Waals surface area contributed by atoms with Crippen LogP contribution < -0.4 is 0 Å². The number of nitrogens with one attached hydrogen (secondary N) is 1. The van der Waals surface area contributed by atoms with Crippen LogP contribution in [0.4, 0.5) is 0 Å². The number of aromatic amines is 1. The number of carboxylic acid groups (broad SMARTS) is 1. The highest BCUT2D eigenvalue weighted by molar-refractivity contribution is 6.00. The number of carbonyl (C=O) groups is 2. The number of likely N-dealkylation sites (tertiary alicyclic amines) is 1. The lowest BCUT2D eigenvalue weighted by Crippen LogP contribution is -2.40. The number of carboxylic acids is 1. The summed E-state index contributed by atoms with van der Waals surface area (Å²) in [6.45, 7) is 4.35. The van der Waals surface area contributed by atoms with Crippen molar-refractivity contribution >= 4 is 11.9 Å². The van der Waals surface area contributed by atoms with E-state index in [-0.39, 0.29) is 17.7 Å². The Morgan fingerprint density at radius 3 is 2.32 bits per heavy atom. The largest absolute Gasteiger partial charge is 0.477 e. The summed E-state index contributed by atoms with van der Waals surface area (Å²) < 4.78 is 0. The first-order valence-electron chi connectivity index (χ1n) is 6.31. The molecule has 1 saturated heterocycles. The Bertz CT molecular complexity index is 513. The first-order valence-corrected chi connectivity index (χ1v) is 6.31. The highest BCUT2D eigenvalue weighted by Crippen LogP contribution is 2.22. The number of aromatic carboxylic acids is 1. The molecule has 0 saturated carbocycles. The molecule has 0 aromatic carbocycles. The average molecular weight is 266 g/mol. The third kappa shape index (κ3) is 2.49. The number of hydrogen-bond acceptors (Lipinski definition) is 3. The van der Waals surface area contributed by atoms with Crippen LogP contribution in [-0.4, -0.2) is 51.2 Å². The minimum Gasteiger partial charge on any atom is -0.477 e. The van der Waals surface area contributed by atoms with Gasteiger partial charge in [0.2, 0.25) is 0 Å². The van der Waals surface area contributed by atoms with Crippen molar-refractivity contribution < 1.29 is 19.8 Å². The van der Waals surface area contributed by atoms with E-state index in [0.717, 1.165) is 0 Å². The third-order valence-corrected chi connectivity index (χ3v) is 3.62. The smallest absolute Gasteiger partial charge is 0.352 e. The van der Waals surface area contributed by atoms with E-state index in [4.69, 9.17) is 5.11 Å². The Balaban J connectivity index is 2.27. The van der Waals surface area contributed by atoms with Gasteiger partial charge < -0.3 is 20.1 Å². The fourth-order valence-corrected chi connectivity index (χ4v) is 2.51. The second kappa shape index (κ2) is 5.05. The molecule has 0 spiro atoms. The van der Waals surface area contributed by atoms with Gasteiger partial charge in [-0.15, -0.1) is 0 Å². The summed E-state index contributed by atoms with van der Waals surface area (Å²) in [5, 5.41) is 18.5. The molecule has 0 bridgehead atoms. The maximum absolute atomic E-state index is 12.4. The molecule has 6 heteroatoms. The molecule has 1 amide bonds. The normalized spacial score (nSPS) is 16.7. The molecule has 0 radical (unpaired) electrons. The molecule has 1 aromatic heterocycles. The van der Waals surface area contributed by atoms with Crippen molar-refractivity contribution in [3.8, 4) is 0 Å². The fraction of sp³-hybridized carbons (Fsp3) is 0.538. The van der Waals surface area contributed by atoms with E-state index >= 15 is 0 Å². The lowest BCUT2D eigenvalue weighted by Gasteiger charge is -2.29. The number of aryl methyl sites for hydroxylation is 1. The van der Waals surface area contributed by atoms with Gasteiger partial charge in [0.1, 0.15) is 5.69 Å². The molecule has 6 nitrogen and oxygen atoms in total. The zero-order chi connectivity index (χ0) is 14.2. The van der Waals surface area contributed by atoms with Gasteiger partial charge >= 0.3 is 5.97 Å². The van der Waals surface area contributed by atoms with Gasteiger partial charge in [0.25, 0.3) is 5.91 Å². The molecular weight excluding hydrogens is 248 g/mol. The zero-order valence-electron chi connectivity index (χ0n) is 11.1. The summed E-state index contributed by atoms with van der Waals surface area (Å²) in [6, 6.07) is 0. The summed E-state index contributed by atoms with van der Waals surface area (Å²) in [4.78, 5) is 27.9. The summed E-state index contributed by atoms with van der Waals surface area (Å²) in [6.07, 6.45) is 0.798. The molecule has 2 rings (SSSR count). The van der Waals surface area contributed by atoms with E-state index in [0.29, 0.717) is 42.8 Å². The maximum atomic E-state index is 12.4. The standard InChI is InChI=1S/C13H18N2O4/c1-7-10(8(2)14-11(7)13(18)19)12(17)15-5-3-9(16)4-6-15/h9,14,16H,3-6H2,1-2H3,(H,18,19). The first-order chi connectivity index (χ1) is 8.91. The number of aliphatic hydroxyl groups excluding tert-OH is 1. The van der Waals surface area contributed by atoms with Gasteiger partial charge in [0.15, 0.2) is 0 Å². The summed E-state index contributed by atoms with van der Waals surface area (Å²) >= 11 is 0. The number of aliphatic hydroxyl groups is 1. The zero-order valence-corrected chi connectivity index (χ0v) is 11.1. The molecule has 1 aliphatic heterocycles. The van der Waals surface area contributed by atoms with Crippen LogP contribution in [0.25, 0.3) is 0 Å². The summed E-state index contributed by atoms with van der Waals surface area (Å²) in [5.74, 6) is -1.22. The van der Waals surface area contributed by atoms with Crippen LogP contribution >= 0.6 is 0 Å². The topological polar surface area (TPSA) is 93.6 Å². The Morgan fingerprint density at radius 2 is 1.84 bits per heavy atom. The van der Waals surface area contributed by atoms with Crippen molar-refractivity contribution in [2.45, 2.75) is 32.8 Å². The summed E-state index contributed by atoms with van der Waals surface area (Å²) in [7, 11) is 0. The number of amides is 1. The molecule has 1 aromatic rings. The van der Waals surface area contributed by atoms with Gasteiger partial charge in [-0.2, -0.15) is 0 Å². The number of carbonyl (C=O) groups excluding carboxylic acids is 1. The lowest BCUT2D eigenvalue weighted by molar-refractivity contribution is 0.0545. The Kier molecular flexibility index (Phi) is 3.61. The first kappa shape index (κ1) is 13.6. The van der Waals surface area contributed by atoms with Crippen LogP contribution in [0.2, 0.25) is 0 Å². The van der Waals surface area contributed by atoms with Gasteiger partial charge in [-0.1, -0.05) is 0 Å². The number of rotatable bonds is 2. The van der Waals surface area contributed by atoms with Crippen LogP contribution in [0.1, 0.15) is 44.9 Å². The van der Waals surface area contributed by atoms with Crippen molar-refractivity contribution in [2.24, 2.45) is 0 Å². The fourth-order valence-electron chi connectivity index (χ4n) is 2.51. The van der Waals surface area contributed by atoms with Crippen molar-refractivity contribution in [1.29, 1.82) is 0 Å². The van der Waals surface area contributed by atoms with Crippen molar-refractivity contribution in [3.63, 3.8) is 0 Å². The van der Waals surface area contributed by atoms with E-state index in [1.807, 2.05) is 0 Å². The SMILES string of the molecule is Cc1[nH]c(C(=O)O)c(C)c1C(=O)N1CCC(O)CC1. The molecule has 0 unspecified atom stereocenters. The lowest BCUT2D eigenvalue weighted by atomic mass is 10.0. The van der Waals surface area contributed by atoms with E-state index in [1.165, 1.54) is 0 Å². The predicted octanol–water partition coefficient (Wildman–Crippen LogP) is 0.927. The van der Waals surface area contributed by atoms with Crippen molar-refractivity contribution in [2.75, 3.05) is 13.1 Å². The minimum absolute atomic E-state index is 0.0675. The van der Waals surface area contributed by atoms with Gasteiger partial charge in [0, 0.05) is 18.8 Å². The highest BCUT2D eigenvalue weighted by Gasteiger charge is 2.27. The average Bonchev–Trinajstić information content (AvgIpc) is 2.65. The number of nitrogens with zero attached hydrogens (tertiary/aromatic N) is 1. The van der Waals surface area contributed by atoms with Crippen molar-refractivity contribution in [1.82, 2.24) is 9.88 Å². The monoisotopic (exact) mass is 266 g/mol. The molecule has 2 heterocycles. The second-order valence-electron chi connectivity index (χ2n) is 4.95. The van der Waals surface area contributed by atoms with Crippen molar-refractivity contribution in [3.05, 3.63) is 22.5 Å². The van der Waals surface area contributed by atoms with Gasteiger partial charge in [-0.25, -0.2) is 4.79 Å². The number of piperidine rings is 1. The van der Waals surface area contributed by atoms with E-state index in [9.17, 15) is 14.7 Å². The molecule has 19 heavy (non-hydrogen) atoms. The summed E-state index contributed by atoms with van der Waals surface area (Å²) in [5.41, 5.74) is 1.55. The highest BCUT2D eigenvalue weighted by atomic mass is 16.4. The third-order valence-electron chi connectivity index (χ3n) is 3.62. The number of hydrogen-bond donors (Lipinski definition) is 3. The Labute approximate surface area is 111 Å². The van der Waals surface area contributed by atoms with E-state index < -0.39 is 5.97 Å². The number of aromatic nitrogens is 1. The van der Waals surface area contributed by atoms with Gasteiger partial charge in [0.05, 0.1) is 11.7 Å². The molecule has 3 N–H and O–H groups in total. The van der Waals surface area contributed by atoms with Crippen LogP contribution in [0.5, 0.6) is 0 Å². The van der Waals surface area contributed by atoms with Crippen LogP contribution in [-0.2, 0) is 0 Å². The van der Waals surface area contributed by atoms with Gasteiger partial charge in [-0.3, -0.25) is 4.79 Å². The van der Waals surface area contributed by atoms with Crippen LogP contribution in [0, 0.1) is 13.8 Å². The van der Waals surface area contributed by atoms with Gasteiger partial charge in [-0.05, 0) is 32.3 Å². The molecule has 104 valence electrons. The Hall–Kier alpha value is -1.82. The Morgan fingerprint density at radius 1 is 1.26 bits per heavy atom. The quantitative estimate of drug-likeness (QED) is 0.742. The van der Waals surface area contributed by atoms with E-state index in [2.05, 4.69) is 4.98 Å². The maximum Gasteiger partial charge on any atom is 0.352 e. The predicted molar refractivity (Wildman–Crippen MR) is 68.4 cm³/mol. The number of H-pyrrole nitrogens is 1. The van der Waals surface area contributed by atoms with Crippen LogP contribution in [0.15, 0.2) is 0 Å². The molecule has 0 aliphatic carbocycles. The minimum atomic E-state index is -1.06. The van der Waals surface area contributed by atoms with E-state index in [1.54, 1.807) is 18.7 Å². The van der Waals surface area contributed by atoms with Crippen LogP contribution in [0.3, 0.4) is 0 Å².